The number of hydrogen-bond acceptors (Lipinski definition) is 6. The lowest BCUT2D eigenvalue weighted by Crippen LogP contribution is -2.59. The minimum atomic E-state index is -4.04. The first-order valence-corrected chi connectivity index (χ1v) is 11.8. The summed E-state index contributed by atoms with van der Waals surface area (Å²) in [4.78, 5) is 13.2. The van der Waals surface area contributed by atoms with Crippen molar-refractivity contribution in [1.29, 1.82) is 0 Å². The Labute approximate surface area is 178 Å². The van der Waals surface area contributed by atoms with E-state index >= 15 is 0 Å². The lowest BCUT2D eigenvalue weighted by atomic mass is 9.78. The van der Waals surface area contributed by atoms with Gasteiger partial charge in [0.15, 0.2) is 11.5 Å². The largest absolute Gasteiger partial charge is 0.493 e. The molecule has 1 aromatic rings. The number of carbonyl (C=O) groups is 1. The summed E-state index contributed by atoms with van der Waals surface area (Å²) in [6.45, 7) is 2.94. The highest BCUT2D eigenvalue weighted by Gasteiger charge is 2.41. The number of primary sulfonamides is 1. The maximum absolute atomic E-state index is 13.4. The number of hydrogen-bond donors (Lipinski definition) is 3. The number of methoxy groups -OCH3 is 2. The Morgan fingerprint density at radius 2 is 2.00 bits per heavy atom. The molecule has 1 aliphatic carbocycles. The van der Waals surface area contributed by atoms with Crippen LogP contribution in [0.2, 0.25) is 0 Å². The van der Waals surface area contributed by atoms with Gasteiger partial charge in [-0.05, 0) is 63.6 Å². The molecule has 9 heteroatoms. The van der Waals surface area contributed by atoms with Crippen molar-refractivity contribution in [3.05, 3.63) is 29.3 Å². The van der Waals surface area contributed by atoms with E-state index in [9.17, 15) is 13.2 Å². The third kappa shape index (κ3) is 4.48. The molecule has 8 nitrogen and oxygen atoms in total. The van der Waals surface area contributed by atoms with Crippen LogP contribution in [-0.2, 0) is 10.0 Å². The van der Waals surface area contributed by atoms with Crippen molar-refractivity contribution >= 4 is 15.9 Å². The lowest BCUT2D eigenvalue weighted by molar-refractivity contribution is 0.0898. The number of carbonyl (C=O) groups excluding carboxylic acids is 1. The van der Waals surface area contributed by atoms with Gasteiger partial charge in [-0.1, -0.05) is 6.08 Å². The molecular weight excluding hydrogens is 406 g/mol. The Morgan fingerprint density at radius 3 is 2.53 bits per heavy atom. The number of nitrogens with two attached hydrogens (primary N) is 1. The van der Waals surface area contributed by atoms with Gasteiger partial charge in [0.05, 0.1) is 30.2 Å². The molecule has 0 spiro atoms. The number of ether oxygens (including phenoxy) is 2. The first kappa shape index (κ1) is 22.6. The van der Waals surface area contributed by atoms with Gasteiger partial charge in [-0.15, -0.1) is 0 Å². The molecular formula is C21H31N3O5S. The Hall–Kier alpha value is -2.10. The maximum atomic E-state index is 13.4. The maximum Gasteiger partial charge on any atom is 0.255 e. The number of nitrogens with one attached hydrogen (secondary N) is 2. The van der Waals surface area contributed by atoms with Crippen molar-refractivity contribution in [1.82, 2.24) is 10.6 Å². The molecule has 30 heavy (non-hydrogen) atoms. The zero-order valence-corrected chi connectivity index (χ0v) is 18.6. The van der Waals surface area contributed by atoms with Gasteiger partial charge in [0.2, 0.25) is 10.0 Å². The highest BCUT2D eigenvalue weighted by molar-refractivity contribution is 7.89. The van der Waals surface area contributed by atoms with Gasteiger partial charge >= 0.3 is 0 Å². The summed E-state index contributed by atoms with van der Waals surface area (Å²) in [5, 5.41) is 12.0. The summed E-state index contributed by atoms with van der Waals surface area (Å²) in [5.41, 5.74) is 0.681. The molecule has 2 unspecified atom stereocenters. The topological polar surface area (TPSA) is 120 Å². The quantitative estimate of drug-likeness (QED) is 0.562. The van der Waals surface area contributed by atoms with Gasteiger partial charge in [-0.3, -0.25) is 4.79 Å². The first-order valence-electron chi connectivity index (χ1n) is 10.2. The third-order valence-electron chi connectivity index (χ3n) is 6.11. The standard InChI is InChI=1S/C21H31N3O5S/c1-21(18-10-7-11-23-18,14-8-5-4-6-9-14)24-20(25)16-12-15(30(22,26)27)13-17(28-2)19(16)29-3/h8,12-13,18,23H,4-7,9-11H2,1-3H3,(H,24,25)(H2,22,26,27). The molecule has 2 aliphatic rings. The molecule has 1 saturated heterocycles. The predicted molar refractivity (Wildman–Crippen MR) is 114 cm³/mol. The number of benzene rings is 1. The summed E-state index contributed by atoms with van der Waals surface area (Å²) in [6, 6.07) is 2.59. The van der Waals surface area contributed by atoms with Crippen LogP contribution in [-0.4, -0.2) is 46.7 Å². The molecule has 0 radical (unpaired) electrons. The van der Waals surface area contributed by atoms with Gasteiger partial charge in [-0.2, -0.15) is 0 Å². The Balaban J connectivity index is 2.04. The predicted octanol–water partition coefficient (Wildman–Crippen LogP) is 2.09. The minimum Gasteiger partial charge on any atom is -0.493 e. The van der Waals surface area contributed by atoms with Crippen LogP contribution in [0, 0.1) is 0 Å². The van der Waals surface area contributed by atoms with Gasteiger partial charge in [0.1, 0.15) is 0 Å². The molecule has 4 N–H and O–H groups in total. The molecule has 0 saturated carbocycles. The summed E-state index contributed by atoms with van der Waals surface area (Å²) in [5.74, 6) is -0.133. The van der Waals surface area contributed by atoms with Crippen molar-refractivity contribution in [2.24, 2.45) is 5.14 Å². The van der Waals surface area contributed by atoms with Crippen LogP contribution < -0.4 is 25.2 Å². The van der Waals surface area contributed by atoms with Crippen LogP contribution in [0.4, 0.5) is 0 Å². The smallest absolute Gasteiger partial charge is 0.255 e. The average Bonchev–Trinajstić information content (AvgIpc) is 3.28. The molecule has 2 atom stereocenters. The van der Waals surface area contributed by atoms with Gasteiger partial charge in [-0.25, -0.2) is 13.6 Å². The van der Waals surface area contributed by atoms with Crippen molar-refractivity contribution in [3.8, 4) is 11.5 Å². The fourth-order valence-electron chi connectivity index (χ4n) is 4.45. The molecule has 1 aliphatic heterocycles. The fraction of sp³-hybridized carbons (Fsp3) is 0.571. The Bertz CT molecular complexity index is 938. The SMILES string of the molecule is COc1cc(S(N)(=O)=O)cc(C(=O)NC(C)(C2=CCCCC2)C2CCCN2)c1OC. The summed E-state index contributed by atoms with van der Waals surface area (Å²) >= 11 is 0. The fourth-order valence-corrected chi connectivity index (χ4v) is 5.01. The first-order chi connectivity index (χ1) is 14.2. The molecule has 1 fully saturated rings. The van der Waals surface area contributed by atoms with Gasteiger partial charge < -0.3 is 20.1 Å². The molecule has 1 aromatic carbocycles. The second-order valence-electron chi connectivity index (χ2n) is 8.03. The summed E-state index contributed by atoms with van der Waals surface area (Å²) in [7, 11) is -1.25. The normalized spacial score (nSPS) is 21.5. The highest BCUT2D eigenvalue weighted by atomic mass is 32.2. The van der Waals surface area contributed by atoms with E-state index in [4.69, 9.17) is 14.6 Å². The van der Waals surface area contributed by atoms with E-state index in [-0.39, 0.29) is 28.0 Å². The zero-order valence-electron chi connectivity index (χ0n) is 17.8. The number of rotatable bonds is 7. The molecule has 0 aromatic heterocycles. The van der Waals surface area contributed by atoms with E-state index < -0.39 is 21.5 Å². The number of allylic oxidation sites excluding steroid dienone is 1. The highest BCUT2D eigenvalue weighted by Crippen LogP contribution is 2.37. The molecule has 1 amide bonds. The Kier molecular flexibility index (Phi) is 6.74. The van der Waals surface area contributed by atoms with E-state index in [2.05, 4.69) is 16.7 Å². The second kappa shape index (κ2) is 8.95. The van der Waals surface area contributed by atoms with E-state index in [1.54, 1.807) is 0 Å². The number of sulfonamides is 1. The lowest BCUT2D eigenvalue weighted by Gasteiger charge is -2.40. The molecule has 1 heterocycles. The van der Waals surface area contributed by atoms with Gasteiger partial charge in [0.25, 0.3) is 5.91 Å². The van der Waals surface area contributed by atoms with Crippen LogP contribution in [0.15, 0.2) is 28.7 Å². The second-order valence-corrected chi connectivity index (χ2v) is 9.59. The van der Waals surface area contributed by atoms with Crippen LogP contribution in [0.1, 0.15) is 55.8 Å². The monoisotopic (exact) mass is 437 g/mol. The van der Waals surface area contributed by atoms with Crippen molar-refractivity contribution < 1.29 is 22.7 Å². The third-order valence-corrected chi connectivity index (χ3v) is 7.01. The van der Waals surface area contributed by atoms with Crippen molar-refractivity contribution in [2.45, 2.75) is 61.9 Å². The van der Waals surface area contributed by atoms with Gasteiger partial charge in [0, 0.05) is 12.1 Å². The summed E-state index contributed by atoms with van der Waals surface area (Å²) in [6.07, 6.45) is 8.36. The van der Waals surface area contributed by atoms with Crippen molar-refractivity contribution in [2.75, 3.05) is 20.8 Å². The molecule has 166 valence electrons. The van der Waals surface area contributed by atoms with Crippen LogP contribution in [0.25, 0.3) is 0 Å². The number of amides is 1. The van der Waals surface area contributed by atoms with Crippen LogP contribution in [0.3, 0.4) is 0 Å². The summed E-state index contributed by atoms with van der Waals surface area (Å²) < 4.78 is 34.5. The Morgan fingerprint density at radius 1 is 1.23 bits per heavy atom. The van der Waals surface area contributed by atoms with Crippen molar-refractivity contribution in [3.63, 3.8) is 0 Å². The van der Waals surface area contributed by atoms with Crippen LogP contribution >= 0.6 is 0 Å². The van der Waals surface area contributed by atoms with E-state index in [0.29, 0.717) is 0 Å². The zero-order chi connectivity index (χ0) is 21.9. The van der Waals surface area contributed by atoms with Crippen LogP contribution in [0.5, 0.6) is 11.5 Å². The average molecular weight is 438 g/mol. The molecule has 0 bridgehead atoms. The van der Waals surface area contributed by atoms with E-state index in [1.165, 1.54) is 31.9 Å². The van der Waals surface area contributed by atoms with E-state index in [0.717, 1.165) is 45.1 Å². The van der Waals surface area contributed by atoms with E-state index in [1.807, 2.05) is 6.92 Å². The minimum absolute atomic E-state index is 0.0708. The molecule has 3 rings (SSSR count).